The Morgan fingerprint density at radius 3 is 2.80 bits per heavy atom. The molecule has 1 heterocycles. The van der Waals surface area contributed by atoms with Crippen molar-refractivity contribution in [2.45, 2.75) is 39.7 Å². The molecule has 110 valence electrons. The van der Waals surface area contributed by atoms with Crippen molar-refractivity contribution in [1.82, 2.24) is 4.90 Å². The van der Waals surface area contributed by atoms with Crippen molar-refractivity contribution in [1.29, 1.82) is 0 Å². The molecule has 1 aliphatic heterocycles. The van der Waals surface area contributed by atoms with Crippen LogP contribution in [0.15, 0.2) is 24.3 Å². The zero-order chi connectivity index (χ0) is 14.5. The van der Waals surface area contributed by atoms with Crippen molar-refractivity contribution in [3.63, 3.8) is 0 Å². The van der Waals surface area contributed by atoms with E-state index in [1.807, 2.05) is 24.3 Å². The Labute approximate surface area is 121 Å². The van der Waals surface area contributed by atoms with E-state index in [1.165, 1.54) is 12.8 Å². The third-order valence-electron chi connectivity index (χ3n) is 4.15. The number of carbonyl (C=O) groups is 1. The largest absolute Gasteiger partial charge is 0.491 e. The normalized spacial score (nSPS) is 23.6. The summed E-state index contributed by atoms with van der Waals surface area (Å²) in [7, 11) is 0. The maximum Gasteiger partial charge on any atom is 0.163 e. The third kappa shape index (κ3) is 3.83. The Morgan fingerprint density at radius 2 is 2.05 bits per heavy atom. The molecule has 3 heteroatoms. The highest BCUT2D eigenvalue weighted by atomic mass is 16.5. The lowest BCUT2D eigenvalue weighted by Crippen LogP contribution is -2.43. The lowest BCUT2D eigenvalue weighted by atomic mass is 9.95. The predicted molar refractivity (Wildman–Crippen MR) is 81.4 cm³/mol. The van der Waals surface area contributed by atoms with Gasteiger partial charge in [0, 0.05) is 19.1 Å². The Kier molecular flexibility index (Phi) is 5.18. The number of piperidine rings is 1. The Morgan fingerprint density at radius 1 is 1.30 bits per heavy atom. The highest BCUT2D eigenvalue weighted by Crippen LogP contribution is 2.22. The molecule has 1 aromatic carbocycles. The molecule has 1 saturated heterocycles. The van der Waals surface area contributed by atoms with Gasteiger partial charge in [-0.2, -0.15) is 0 Å². The Bertz CT molecular complexity index is 458. The smallest absolute Gasteiger partial charge is 0.163 e. The quantitative estimate of drug-likeness (QED) is 0.771. The lowest BCUT2D eigenvalue weighted by Gasteiger charge is -2.36. The van der Waals surface area contributed by atoms with Crippen molar-refractivity contribution < 1.29 is 9.53 Å². The van der Waals surface area contributed by atoms with E-state index in [2.05, 4.69) is 18.7 Å². The van der Waals surface area contributed by atoms with Crippen molar-refractivity contribution >= 4 is 5.78 Å². The molecule has 2 unspecified atom stereocenters. The molecule has 20 heavy (non-hydrogen) atoms. The van der Waals surface area contributed by atoms with Gasteiger partial charge >= 0.3 is 0 Å². The fourth-order valence-corrected chi connectivity index (χ4v) is 2.85. The van der Waals surface area contributed by atoms with E-state index >= 15 is 0 Å². The summed E-state index contributed by atoms with van der Waals surface area (Å²) in [5.41, 5.74) is 0.674. The van der Waals surface area contributed by atoms with E-state index in [9.17, 15) is 4.79 Å². The third-order valence-corrected chi connectivity index (χ3v) is 4.15. The molecular weight excluding hydrogens is 250 g/mol. The molecule has 0 N–H and O–H groups in total. The number of rotatable bonds is 5. The summed E-state index contributed by atoms with van der Waals surface area (Å²) < 4.78 is 5.82. The van der Waals surface area contributed by atoms with Gasteiger partial charge in [-0.25, -0.2) is 0 Å². The summed E-state index contributed by atoms with van der Waals surface area (Å²) in [4.78, 5) is 14.0. The summed E-state index contributed by atoms with van der Waals surface area (Å²) in [6.07, 6.45) is 2.59. The second-order valence-corrected chi connectivity index (χ2v) is 5.93. The summed E-state index contributed by atoms with van der Waals surface area (Å²) in [5.74, 6) is 1.54. The first-order valence-corrected chi connectivity index (χ1v) is 7.54. The van der Waals surface area contributed by atoms with Crippen LogP contribution in [0, 0.1) is 5.92 Å². The minimum Gasteiger partial charge on any atom is -0.491 e. The molecule has 1 aliphatic rings. The van der Waals surface area contributed by atoms with Crippen molar-refractivity contribution in [2.75, 3.05) is 19.7 Å². The van der Waals surface area contributed by atoms with E-state index in [0.717, 1.165) is 19.0 Å². The molecule has 0 bridgehead atoms. The number of likely N-dealkylation sites (tertiary alicyclic amines) is 1. The molecule has 0 aliphatic carbocycles. The first-order valence-electron chi connectivity index (χ1n) is 7.54. The zero-order valence-corrected chi connectivity index (χ0v) is 12.8. The number of nitrogens with zero attached hydrogens (tertiary/aromatic N) is 1. The number of Topliss-reactive ketones (excluding diaryl/α,β-unsaturated/α-hetero) is 1. The van der Waals surface area contributed by atoms with Gasteiger partial charge in [0.1, 0.15) is 12.4 Å². The highest BCUT2D eigenvalue weighted by Gasteiger charge is 2.22. The average Bonchev–Trinajstić information content (AvgIpc) is 2.43. The lowest BCUT2D eigenvalue weighted by molar-refractivity contribution is 0.0989. The number of hydrogen-bond acceptors (Lipinski definition) is 3. The average molecular weight is 275 g/mol. The number of benzene rings is 1. The van der Waals surface area contributed by atoms with Crippen LogP contribution in [0.5, 0.6) is 5.75 Å². The first kappa shape index (κ1) is 15.0. The Balaban J connectivity index is 1.88. The molecule has 0 amide bonds. The van der Waals surface area contributed by atoms with E-state index in [1.54, 1.807) is 6.92 Å². The number of ketones is 1. The van der Waals surface area contributed by atoms with Crippen LogP contribution in [-0.2, 0) is 0 Å². The molecule has 1 aromatic rings. The van der Waals surface area contributed by atoms with Crippen LogP contribution < -0.4 is 4.74 Å². The molecule has 2 rings (SSSR count). The molecule has 0 spiro atoms. The second kappa shape index (κ2) is 6.89. The van der Waals surface area contributed by atoms with E-state index < -0.39 is 0 Å². The van der Waals surface area contributed by atoms with E-state index in [0.29, 0.717) is 24.0 Å². The van der Waals surface area contributed by atoms with Gasteiger partial charge in [-0.3, -0.25) is 9.69 Å². The van der Waals surface area contributed by atoms with E-state index in [-0.39, 0.29) is 5.78 Å². The van der Waals surface area contributed by atoms with Crippen molar-refractivity contribution in [2.24, 2.45) is 5.92 Å². The fraction of sp³-hybridized carbons (Fsp3) is 0.588. The van der Waals surface area contributed by atoms with Crippen LogP contribution >= 0.6 is 0 Å². The van der Waals surface area contributed by atoms with Gasteiger partial charge in [0.05, 0.1) is 5.56 Å². The number of ether oxygens (including phenoxy) is 1. The monoisotopic (exact) mass is 275 g/mol. The molecule has 0 saturated carbocycles. The maximum atomic E-state index is 11.5. The van der Waals surface area contributed by atoms with Crippen LogP contribution in [0.4, 0.5) is 0 Å². The van der Waals surface area contributed by atoms with Gasteiger partial charge in [-0.15, -0.1) is 0 Å². The minimum atomic E-state index is 0.0561. The number of para-hydroxylation sites is 1. The Hall–Kier alpha value is -1.35. The summed E-state index contributed by atoms with van der Waals surface area (Å²) in [6, 6.07) is 8.12. The van der Waals surface area contributed by atoms with Gasteiger partial charge in [-0.1, -0.05) is 19.1 Å². The number of carbonyl (C=O) groups excluding carboxylic acids is 1. The van der Waals surface area contributed by atoms with Crippen LogP contribution in [0.3, 0.4) is 0 Å². The minimum absolute atomic E-state index is 0.0561. The van der Waals surface area contributed by atoms with E-state index in [4.69, 9.17) is 4.74 Å². The number of hydrogen-bond donors (Lipinski definition) is 0. The maximum absolute atomic E-state index is 11.5. The molecule has 2 atom stereocenters. The van der Waals surface area contributed by atoms with Gasteiger partial charge < -0.3 is 4.74 Å². The van der Waals surface area contributed by atoms with Crippen molar-refractivity contribution in [3.8, 4) is 5.75 Å². The molecule has 1 fully saturated rings. The molecular formula is C17H25NO2. The molecule has 3 nitrogen and oxygen atoms in total. The standard InChI is InChI=1S/C17H25NO2/c1-13-8-9-14(2)18(12-13)10-11-20-17-7-5-4-6-16(17)15(3)19/h4-7,13-14H,8-12H2,1-3H3. The first-order chi connectivity index (χ1) is 9.58. The van der Waals surface area contributed by atoms with Gasteiger partial charge in [0.2, 0.25) is 0 Å². The highest BCUT2D eigenvalue weighted by molar-refractivity contribution is 5.96. The second-order valence-electron chi connectivity index (χ2n) is 5.93. The van der Waals surface area contributed by atoms with Crippen LogP contribution in [0.25, 0.3) is 0 Å². The van der Waals surface area contributed by atoms with Gasteiger partial charge in [0.25, 0.3) is 0 Å². The molecule has 0 radical (unpaired) electrons. The zero-order valence-electron chi connectivity index (χ0n) is 12.8. The van der Waals surface area contributed by atoms with Crippen LogP contribution in [-0.4, -0.2) is 36.4 Å². The summed E-state index contributed by atoms with van der Waals surface area (Å²) in [6.45, 7) is 8.90. The van der Waals surface area contributed by atoms with Gasteiger partial charge in [-0.05, 0) is 44.7 Å². The van der Waals surface area contributed by atoms with Crippen LogP contribution in [0.2, 0.25) is 0 Å². The summed E-state index contributed by atoms with van der Waals surface area (Å²) in [5, 5.41) is 0. The van der Waals surface area contributed by atoms with Gasteiger partial charge in [0.15, 0.2) is 5.78 Å². The summed E-state index contributed by atoms with van der Waals surface area (Å²) >= 11 is 0. The van der Waals surface area contributed by atoms with Crippen LogP contribution in [0.1, 0.15) is 44.0 Å². The predicted octanol–water partition coefficient (Wildman–Crippen LogP) is 3.39. The molecule has 0 aromatic heterocycles. The van der Waals surface area contributed by atoms with Crippen molar-refractivity contribution in [3.05, 3.63) is 29.8 Å². The SMILES string of the molecule is CC(=O)c1ccccc1OCCN1CC(C)CCC1C. The fourth-order valence-electron chi connectivity index (χ4n) is 2.85. The topological polar surface area (TPSA) is 29.5 Å².